The highest BCUT2D eigenvalue weighted by atomic mass is 16.7. The molecule has 15 nitrogen and oxygen atoms in total. The first-order valence-electron chi connectivity index (χ1n) is 34.2. The standard InChI is InChI=1S/C71H94N2O13/c1-39-52(40(2)76)56(78)53-45(55(39)77)26-41(60(81)82)27-49(53)84-61-57(79)59(80)71(51(31-75)85-61)29-48-54-46(11-12-47(54)69(86-71)18-7-16-63(34-69)21-20-62(33-63)14-3-4-15-62)67(24-25-74)38-83-32-42-28-65-35-66(30-50(65)72-73-70(48,37-65)58(42)67)19-13-44-9-5-8-43-10-6-17-64(43)22-23-68(44,66)36-64/h11,26-27,42-44,48,50-51,57-59,61,72-75,77-80H,3-10,12-25,28-38H2,1-2H3,(H,81,82). The Kier molecular flexibility index (Phi) is 12.3. The molecule has 13 fully saturated rings. The summed E-state index contributed by atoms with van der Waals surface area (Å²) in [5.74, 6) is -1.55. The van der Waals surface area contributed by atoms with Gasteiger partial charge in [-0.15, -0.1) is 0 Å². The van der Waals surface area contributed by atoms with Gasteiger partial charge in [0.25, 0.3) is 0 Å². The molecule has 466 valence electrons. The van der Waals surface area contributed by atoms with Crippen molar-refractivity contribution in [3.8, 4) is 17.2 Å². The number of phenolic OH excluding ortho intramolecular Hbond substituents is 2. The van der Waals surface area contributed by atoms with E-state index < -0.39 is 76.6 Å². The van der Waals surface area contributed by atoms with Crippen LogP contribution in [0.15, 0.2) is 34.9 Å². The first kappa shape index (κ1) is 56.4. The van der Waals surface area contributed by atoms with Gasteiger partial charge in [-0.05, 0) is 259 Å². The number of hydrogen-bond donors (Lipinski definition) is 9. The Hall–Kier alpha value is -3.64. The maximum Gasteiger partial charge on any atom is 0.335 e. The van der Waals surface area contributed by atoms with Crippen LogP contribution in [0.3, 0.4) is 0 Å². The molecule has 2 aromatic carbocycles. The Bertz CT molecular complexity index is 3290. The number of carbonyl (C=O) groups is 2. The number of aromatic hydroxyl groups is 2. The number of carboxylic acid groups (broad SMARTS) is 1. The molecule has 15 aliphatic rings. The third-order valence-electron chi connectivity index (χ3n) is 29.6. The van der Waals surface area contributed by atoms with Crippen molar-refractivity contribution in [2.45, 2.75) is 247 Å². The number of aliphatic hydroxyl groups excluding tert-OH is 4. The van der Waals surface area contributed by atoms with Crippen LogP contribution in [-0.2, 0) is 14.2 Å². The Balaban J connectivity index is 0.819. The van der Waals surface area contributed by atoms with E-state index in [2.05, 4.69) is 16.9 Å². The van der Waals surface area contributed by atoms with E-state index in [1.54, 1.807) is 0 Å². The Morgan fingerprint density at radius 2 is 1.59 bits per heavy atom. The monoisotopic (exact) mass is 1180 g/mol. The van der Waals surface area contributed by atoms with Gasteiger partial charge in [-0.3, -0.25) is 15.6 Å². The van der Waals surface area contributed by atoms with E-state index in [1.165, 1.54) is 152 Å². The highest BCUT2D eigenvalue weighted by Gasteiger charge is 2.80. The first-order valence-corrected chi connectivity index (χ1v) is 34.2. The zero-order chi connectivity index (χ0) is 59.0. The number of aromatic carboxylic acids is 1. The molecule has 17 rings (SSSR count). The van der Waals surface area contributed by atoms with E-state index in [-0.39, 0.29) is 86.3 Å². The van der Waals surface area contributed by atoms with Crippen molar-refractivity contribution in [1.29, 1.82) is 0 Å². The summed E-state index contributed by atoms with van der Waals surface area (Å²) in [6.07, 6.45) is 28.8. The number of ketones is 1. The predicted octanol–water partition coefficient (Wildman–Crippen LogP) is 10.7. The number of rotatable bonds is 7. The van der Waals surface area contributed by atoms with Gasteiger partial charge in [0.2, 0.25) is 6.29 Å². The smallest absolute Gasteiger partial charge is 0.335 e. The fraction of sp³-hybridized carbons (Fsp3) is 0.775. The maximum atomic E-state index is 13.8. The van der Waals surface area contributed by atoms with Crippen molar-refractivity contribution in [3.63, 3.8) is 0 Å². The molecule has 0 radical (unpaired) electrons. The van der Waals surface area contributed by atoms with Gasteiger partial charge in [0.15, 0.2) is 5.78 Å². The van der Waals surface area contributed by atoms with Gasteiger partial charge in [-0.2, -0.15) is 0 Å². The quantitative estimate of drug-likeness (QED) is 0.0926. The average Bonchev–Trinajstić information content (AvgIpc) is 1.41. The highest BCUT2D eigenvalue weighted by Crippen LogP contribution is 2.82. The van der Waals surface area contributed by atoms with Crippen molar-refractivity contribution in [3.05, 3.63) is 51.6 Å². The van der Waals surface area contributed by atoms with Crippen molar-refractivity contribution < 1.29 is 64.3 Å². The van der Waals surface area contributed by atoms with E-state index in [4.69, 9.17) is 18.9 Å². The van der Waals surface area contributed by atoms with Crippen LogP contribution in [-0.4, -0.2) is 121 Å². The second kappa shape index (κ2) is 18.8. The molecular weight excluding hydrogens is 1090 g/mol. The number of benzene rings is 2. The number of Topliss-reactive ketones (excluding diaryl/α,β-unsaturated/α-hetero) is 1. The summed E-state index contributed by atoms with van der Waals surface area (Å²) < 4.78 is 29.0. The third-order valence-corrected chi connectivity index (χ3v) is 29.6. The molecule has 3 saturated heterocycles. The number of aliphatic hydroxyl groups is 4. The summed E-state index contributed by atoms with van der Waals surface area (Å²) in [6, 6.07) is 2.63. The number of hydrazine groups is 1. The Morgan fingerprint density at radius 3 is 2.40 bits per heavy atom. The van der Waals surface area contributed by atoms with Gasteiger partial charge in [-0.25, -0.2) is 4.79 Å². The third kappa shape index (κ3) is 7.13. The van der Waals surface area contributed by atoms with Gasteiger partial charge in [0.05, 0.1) is 35.3 Å². The number of carboxylic acids is 1. The van der Waals surface area contributed by atoms with Crippen molar-refractivity contribution in [1.82, 2.24) is 10.9 Å². The number of ether oxygens (including phenoxy) is 4. The molecule has 9 spiro atoms. The minimum absolute atomic E-state index is 0.0185. The molecule has 0 amide bonds. The van der Waals surface area contributed by atoms with Crippen LogP contribution in [0.25, 0.3) is 10.8 Å². The maximum absolute atomic E-state index is 13.8. The van der Waals surface area contributed by atoms with Gasteiger partial charge in [0, 0.05) is 47.1 Å². The number of phenols is 2. The summed E-state index contributed by atoms with van der Waals surface area (Å²) >= 11 is 0. The van der Waals surface area contributed by atoms with Crippen LogP contribution in [0.4, 0.5) is 0 Å². The summed E-state index contributed by atoms with van der Waals surface area (Å²) in [5, 5.41) is 84.3. The molecule has 15 heteroatoms. The Morgan fingerprint density at radius 1 is 0.791 bits per heavy atom. The largest absolute Gasteiger partial charge is 0.507 e. The van der Waals surface area contributed by atoms with Crippen LogP contribution in [0.1, 0.15) is 219 Å². The summed E-state index contributed by atoms with van der Waals surface area (Å²) in [7, 11) is 0. The van der Waals surface area contributed by atoms with Crippen molar-refractivity contribution in [2.75, 3.05) is 26.4 Å². The molecular formula is C71H94N2O13. The lowest BCUT2D eigenvalue weighted by Crippen LogP contribution is -2.81. The van der Waals surface area contributed by atoms with E-state index in [9.17, 15) is 45.3 Å². The Labute approximate surface area is 505 Å². The average molecular weight is 1180 g/mol. The molecule has 9 N–H and O–H groups in total. The zero-order valence-electron chi connectivity index (χ0n) is 50.9. The molecule has 0 aromatic heterocycles. The normalized spacial score (nSPS) is 48.1. The van der Waals surface area contributed by atoms with E-state index in [0.29, 0.717) is 48.7 Å². The molecule has 10 saturated carbocycles. The predicted molar refractivity (Wildman–Crippen MR) is 318 cm³/mol. The fourth-order valence-corrected chi connectivity index (χ4v) is 27.0. The number of hydrogen-bond acceptors (Lipinski definition) is 14. The van der Waals surface area contributed by atoms with Crippen LogP contribution in [0, 0.1) is 74.4 Å². The first-order chi connectivity index (χ1) is 41.3. The molecule has 19 atom stereocenters. The number of fused-ring (bicyclic) bond motifs is 3. The SMILES string of the molecule is CC(=O)c1c(C)c(O)c2cc(C(=O)O)cc(OC3OC(CO)C4(CC5C6=C(CC=C6C6(CCO)COCC7CC89CC5(NNC8CC5(CCC8CCCC%10CCCC%10%11CCC85C%11)C9)C76)C5(CCCC6(CCC7(CCCC7)C6)C5)O4)C(O)C3O)c2c1O. The fourth-order valence-electron chi connectivity index (χ4n) is 27.0. The van der Waals surface area contributed by atoms with Gasteiger partial charge >= 0.3 is 5.97 Å². The minimum Gasteiger partial charge on any atom is -0.507 e. The molecule has 4 bridgehead atoms. The van der Waals surface area contributed by atoms with Gasteiger partial charge in [-0.1, -0.05) is 31.8 Å². The second-order valence-electron chi connectivity index (χ2n) is 32.7. The highest BCUT2D eigenvalue weighted by molar-refractivity contribution is 6.11. The molecule has 11 aliphatic carbocycles. The van der Waals surface area contributed by atoms with Crippen LogP contribution in [0.5, 0.6) is 17.2 Å². The van der Waals surface area contributed by atoms with E-state index in [1.807, 2.05) is 0 Å². The van der Waals surface area contributed by atoms with Crippen molar-refractivity contribution >= 4 is 22.5 Å². The van der Waals surface area contributed by atoms with Crippen LogP contribution >= 0.6 is 0 Å². The number of nitrogens with one attached hydrogen (secondary N) is 2. The van der Waals surface area contributed by atoms with E-state index >= 15 is 0 Å². The second-order valence-corrected chi connectivity index (χ2v) is 32.7. The molecule has 19 unspecified atom stereocenters. The number of allylic oxidation sites excluding steroid dienone is 1. The lowest BCUT2D eigenvalue weighted by Gasteiger charge is -2.71. The minimum atomic E-state index is -1.84. The molecule has 4 heterocycles. The van der Waals surface area contributed by atoms with E-state index in [0.717, 1.165) is 62.8 Å². The zero-order valence-corrected chi connectivity index (χ0v) is 50.9. The van der Waals surface area contributed by atoms with Crippen LogP contribution < -0.4 is 15.6 Å². The van der Waals surface area contributed by atoms with Crippen molar-refractivity contribution in [2.24, 2.45) is 67.5 Å². The van der Waals surface area contributed by atoms with Gasteiger partial charge in [0.1, 0.15) is 41.2 Å². The summed E-state index contributed by atoms with van der Waals surface area (Å²) in [6.45, 7) is 3.29. The molecule has 2 aromatic rings. The number of carbonyl (C=O) groups excluding carboxylic acids is 1. The lowest BCUT2D eigenvalue weighted by molar-refractivity contribution is -0.349. The summed E-state index contributed by atoms with van der Waals surface area (Å²) in [5.41, 5.74) is 9.61. The molecule has 4 aliphatic heterocycles. The summed E-state index contributed by atoms with van der Waals surface area (Å²) in [4.78, 5) is 25.9. The topological polar surface area (TPSA) is 237 Å². The van der Waals surface area contributed by atoms with Gasteiger partial charge < -0.3 is 54.7 Å². The lowest BCUT2D eigenvalue weighted by atomic mass is 9.39. The van der Waals surface area contributed by atoms with Crippen LogP contribution in [0.2, 0.25) is 0 Å². The molecule has 86 heavy (non-hydrogen) atoms.